The van der Waals surface area contributed by atoms with Crippen molar-refractivity contribution in [2.24, 2.45) is 58.9 Å². The Kier molecular flexibility index (Phi) is 35.4. The molecule has 10 aliphatic heterocycles. The van der Waals surface area contributed by atoms with Crippen LogP contribution in [-0.2, 0) is 70.2 Å². The molecule has 0 aliphatic carbocycles. The molecule has 0 saturated carbocycles. The van der Waals surface area contributed by atoms with E-state index < -0.39 is 28.9 Å². The molecular formula is C97H134ClF3N20O15. The van der Waals surface area contributed by atoms with Crippen LogP contribution in [0.15, 0.2) is 85.7 Å². The van der Waals surface area contributed by atoms with E-state index in [1.54, 1.807) is 70.1 Å². The zero-order valence-corrected chi connectivity index (χ0v) is 82.1. The minimum absolute atomic E-state index is 0.0118. The van der Waals surface area contributed by atoms with E-state index >= 15 is 0 Å². The van der Waals surface area contributed by atoms with Gasteiger partial charge in [0.25, 0.3) is 11.6 Å². The maximum atomic E-state index is 13.1. The lowest BCUT2D eigenvalue weighted by Gasteiger charge is -2.41. The molecule has 4 aromatic heterocycles. The number of carbonyl (C=O) groups excluding carboxylic acids is 9. The van der Waals surface area contributed by atoms with Gasteiger partial charge in [0.05, 0.1) is 39.7 Å². The fourth-order valence-corrected chi connectivity index (χ4v) is 20.0. The summed E-state index contributed by atoms with van der Waals surface area (Å²) >= 11 is 5.73. The first-order valence-electron chi connectivity index (χ1n) is 46.7. The zero-order chi connectivity index (χ0) is 99.5. The smallest absolute Gasteiger partial charge is 0.430 e. The number of methoxy groups -OCH3 is 2. The quantitative estimate of drug-likeness (QED) is 0.0653. The number of nitrogens with zero attached hydrogens (tertiary/aromatic N) is 16. The number of benzene rings is 2. The van der Waals surface area contributed by atoms with Gasteiger partial charge in [0.2, 0.25) is 29.5 Å². The number of aliphatic carboxylic acids is 1. The Morgan fingerprint density at radius 3 is 1.32 bits per heavy atom. The van der Waals surface area contributed by atoms with Crippen LogP contribution in [0.1, 0.15) is 191 Å². The topological polar surface area (TPSA) is 391 Å². The molecule has 14 heterocycles. The summed E-state index contributed by atoms with van der Waals surface area (Å²) in [4.78, 5) is 141. The van der Waals surface area contributed by atoms with Crippen molar-refractivity contribution in [3.63, 3.8) is 0 Å². The van der Waals surface area contributed by atoms with Crippen LogP contribution in [0.5, 0.6) is 11.5 Å². The monoisotopic (exact) mass is 1910 g/mol. The van der Waals surface area contributed by atoms with Crippen molar-refractivity contribution in [3.05, 3.63) is 125 Å². The summed E-state index contributed by atoms with van der Waals surface area (Å²) in [5.74, 6) is 1.44. The number of amides is 8. The lowest BCUT2D eigenvalue weighted by Crippen LogP contribution is -2.87. The SMILES string of the molecule is CC(C)(C)OC(=O)N1CCC2(CC1)CNC(=O)C2.CCC1C(=O)N(Cc2ccc(OC)cc2)CC12CCN(C(=O)OC(C)(C)C)CC2.CCC1C(=O)NCC12CC[NH2+]CC2.COc1ccc(CN2CC3(CCN(C(=O)OC(C)(C)C)CC3)CC2=O)cc1.O=C([O-])C(F)(F)F.[C-]#[N+]c1ncc(Cl)nc1-c1cnn(C)c1.[C-]#[N+]c1ncc(N2CCC3(CC2)CNC(=O)C3CC)nc1-c1cnn(C)c1. The number of ether oxygens (including phenoxy) is 5. The van der Waals surface area contributed by atoms with E-state index in [1.165, 1.54) is 32.1 Å². The lowest BCUT2D eigenvalue weighted by atomic mass is 9.69. The van der Waals surface area contributed by atoms with E-state index in [0.29, 0.717) is 93.8 Å². The third-order valence-electron chi connectivity index (χ3n) is 27.1. The number of aryl methyl sites for hydroxylation is 2. The van der Waals surface area contributed by atoms with Gasteiger partial charge in [-0.3, -0.25) is 33.3 Å². The second-order valence-corrected chi connectivity index (χ2v) is 40.4. The van der Waals surface area contributed by atoms with Gasteiger partial charge in [-0.05, 0) is 174 Å². The average molecular weight is 1910 g/mol. The van der Waals surface area contributed by atoms with E-state index in [-0.39, 0.29) is 92.2 Å². The maximum Gasteiger partial charge on any atom is 0.430 e. The third-order valence-corrected chi connectivity index (χ3v) is 27.3. The molecule has 6 aromatic rings. The van der Waals surface area contributed by atoms with Gasteiger partial charge >= 0.3 is 24.5 Å². The first kappa shape index (κ1) is 106. The van der Waals surface area contributed by atoms with Crippen molar-refractivity contribution >= 4 is 82.8 Å². The van der Waals surface area contributed by atoms with Gasteiger partial charge in [-0.15, -0.1) is 9.97 Å². The highest BCUT2D eigenvalue weighted by Crippen LogP contribution is 2.50. The summed E-state index contributed by atoms with van der Waals surface area (Å²) in [6.45, 7) is 50.8. The number of carboxylic acids is 1. The molecule has 10 fully saturated rings. The lowest BCUT2D eigenvalue weighted by molar-refractivity contribution is -0.668. The van der Waals surface area contributed by atoms with Crippen LogP contribution in [0, 0.1) is 58.0 Å². The van der Waals surface area contributed by atoms with Crippen LogP contribution in [0.25, 0.3) is 32.2 Å². The standard InChI is InChI=1S/C23H34N2O4.C21H30N2O4.C19H23N7O.C13H22N2O3.C10H18N2O.C9H6ClN5.C2HF3O2/c1-6-19-20(26)25(15-17-7-9-18(28-5)10-8-17)16-23(19)11-13-24(14-12-23)21(27)29-22(2,3)4;1-20(2,3)27-19(25)22-11-9-21(10-12-22)13-18(24)23(15-21)14-16-5-7-17(26-4)8-6-16;1-4-14-18(27)22-12-19(14)5-7-26(8-6-19)15-10-21-17(20-2)16(24-15)13-9-23-25(3)11-13;1-12(2,3)18-11(17)15-6-4-13(5-7-15)8-10(16)14-9-13;1-2-8-9(13)12-7-10(8)3-5-11-6-4-10;1-11-9-8(14-7(10)4-12-9)6-3-13-15(2)5-6;3-2(4,5)1(6)7/h7-10,19H,6,11-16H2,1-5H3;5-8H,9-15H2,1-4H3;9-11,14H,4-8,12H2,1,3H3,(H,22,27);4-9H2,1-3H3,(H,14,16);8,11H,2-7H2,1H3,(H,12,13);3-5H,2H3;(H,6,7). The molecule has 740 valence electrons. The predicted octanol–water partition coefficient (Wildman–Crippen LogP) is 12.1. The van der Waals surface area contributed by atoms with Gasteiger partial charge in [0.15, 0.2) is 23.4 Å². The molecule has 10 saturated heterocycles. The minimum atomic E-state index is -5.19. The second kappa shape index (κ2) is 45.4. The summed E-state index contributed by atoms with van der Waals surface area (Å²) in [5.41, 5.74) is 3.77. The molecule has 3 unspecified atom stereocenters. The van der Waals surface area contributed by atoms with Crippen molar-refractivity contribution in [1.29, 1.82) is 0 Å². The number of hydrogen-bond donors (Lipinski definition) is 4. The number of carbonyl (C=O) groups is 9. The molecular weight excluding hydrogens is 1780 g/mol. The number of nitrogens with one attached hydrogen (secondary N) is 3. The molecule has 5 spiro atoms. The summed E-state index contributed by atoms with van der Waals surface area (Å²) in [6.07, 6.45) is 17.4. The van der Waals surface area contributed by atoms with Crippen molar-refractivity contribution in [1.82, 2.24) is 79.9 Å². The highest BCUT2D eigenvalue weighted by molar-refractivity contribution is 6.29. The first-order chi connectivity index (χ1) is 64.2. The van der Waals surface area contributed by atoms with Crippen LogP contribution in [0.4, 0.5) is 45.0 Å². The molecule has 3 atom stereocenters. The Hall–Kier alpha value is -11.9. The van der Waals surface area contributed by atoms with Gasteiger partial charge in [-0.1, -0.05) is 69.8 Å². The Labute approximate surface area is 799 Å². The van der Waals surface area contributed by atoms with E-state index in [0.717, 1.165) is 156 Å². The van der Waals surface area contributed by atoms with Crippen LogP contribution in [0.2, 0.25) is 5.15 Å². The van der Waals surface area contributed by atoms with E-state index in [1.807, 2.05) is 134 Å². The fraction of sp³-hybridized carbons (Fsp3) is 0.619. The van der Waals surface area contributed by atoms with Crippen LogP contribution < -0.4 is 40.7 Å². The fourth-order valence-electron chi connectivity index (χ4n) is 19.8. The third kappa shape index (κ3) is 27.9. The molecule has 35 nitrogen and oxygen atoms in total. The highest BCUT2D eigenvalue weighted by Gasteiger charge is 2.55. The largest absolute Gasteiger partial charge is 0.542 e. The van der Waals surface area contributed by atoms with Crippen molar-refractivity contribution in [3.8, 4) is 34.0 Å². The second-order valence-electron chi connectivity index (χ2n) is 40.0. The summed E-state index contributed by atoms with van der Waals surface area (Å²) in [7, 11) is 6.92. The Morgan fingerprint density at radius 2 is 0.926 bits per heavy atom. The number of nitrogens with two attached hydrogens (primary N) is 1. The summed E-state index contributed by atoms with van der Waals surface area (Å²) in [5, 5.41) is 28.6. The van der Waals surface area contributed by atoms with Crippen LogP contribution in [0.3, 0.4) is 0 Å². The molecule has 2 aromatic carbocycles. The minimum Gasteiger partial charge on any atom is -0.542 e. The van der Waals surface area contributed by atoms with Crippen molar-refractivity contribution in [2.75, 3.05) is 117 Å². The van der Waals surface area contributed by atoms with E-state index in [9.17, 15) is 51.5 Å². The Bertz CT molecular complexity index is 5210. The van der Waals surface area contributed by atoms with Gasteiger partial charge in [0, 0.05) is 201 Å². The van der Waals surface area contributed by atoms with Gasteiger partial charge in [-0.25, -0.2) is 24.4 Å². The number of carboxylic acid groups (broad SMARTS) is 1. The number of anilines is 1. The first-order valence-corrected chi connectivity index (χ1v) is 47.1. The van der Waals surface area contributed by atoms with Gasteiger partial charge in [0.1, 0.15) is 45.7 Å². The Morgan fingerprint density at radius 1 is 0.522 bits per heavy atom. The number of hydrogen-bond acceptors (Lipinski definition) is 22. The summed E-state index contributed by atoms with van der Waals surface area (Å²) in [6, 6.07) is 15.7. The molecule has 0 bridgehead atoms. The molecule has 8 amide bonds. The van der Waals surface area contributed by atoms with Crippen molar-refractivity contribution in [2.45, 2.75) is 215 Å². The zero-order valence-electron chi connectivity index (χ0n) is 81.3. The van der Waals surface area contributed by atoms with E-state index in [4.69, 9.17) is 63.3 Å². The highest BCUT2D eigenvalue weighted by atomic mass is 35.5. The van der Waals surface area contributed by atoms with Gasteiger partial charge in [-0.2, -0.15) is 23.4 Å². The number of piperidine rings is 5. The van der Waals surface area contributed by atoms with Gasteiger partial charge < -0.3 is 93.9 Å². The van der Waals surface area contributed by atoms with Crippen LogP contribution in [-0.4, -0.2) is 253 Å². The number of aromatic nitrogens is 8. The maximum absolute atomic E-state index is 13.1. The number of quaternary nitrogens is 1. The molecule has 16 rings (SSSR count). The molecule has 39 heteroatoms. The Balaban J connectivity index is 0.000000169. The van der Waals surface area contributed by atoms with Crippen LogP contribution >= 0.6 is 11.6 Å². The molecule has 136 heavy (non-hydrogen) atoms. The normalized spacial score (nSPS) is 20.5. The average Bonchev–Trinajstić information content (AvgIpc) is 1.60. The number of halogens is 4. The molecule has 10 aliphatic rings. The number of alkyl halides is 3. The molecule has 0 radical (unpaired) electrons. The number of likely N-dealkylation sites (tertiary alicyclic amines) is 5. The molecule has 5 N–H and O–H groups in total. The van der Waals surface area contributed by atoms with E-state index in [2.05, 4.69) is 81.8 Å². The summed E-state index contributed by atoms with van der Waals surface area (Å²) < 4.78 is 61.6. The predicted molar refractivity (Wildman–Crippen MR) is 499 cm³/mol. The number of rotatable bonds is 12. The van der Waals surface area contributed by atoms with Crippen molar-refractivity contribution < 1.29 is 90.4 Å².